The molecule has 0 heterocycles. The summed E-state index contributed by atoms with van der Waals surface area (Å²) in [6.07, 6.45) is -3.72. The molecule has 0 aromatic heterocycles. The number of hydrogen-bond acceptors (Lipinski definition) is 0. The van der Waals surface area contributed by atoms with E-state index in [1.54, 1.807) is 0 Å². The smallest absolute Gasteiger partial charge is 0.232 e. The molecule has 0 rings (SSSR count). The summed E-state index contributed by atoms with van der Waals surface area (Å²) in [6, 6.07) is 0. The molecule has 0 amide bonds. The zero-order valence-electron chi connectivity index (χ0n) is 4.83. The van der Waals surface area contributed by atoms with Gasteiger partial charge in [0.15, 0.2) is 0 Å². The highest BCUT2D eigenvalue weighted by Gasteiger charge is 2.29. The third kappa shape index (κ3) is 3.13. The van der Waals surface area contributed by atoms with E-state index in [2.05, 4.69) is 0 Å². The molecule has 0 spiro atoms. The Morgan fingerprint density at radius 2 is 2.00 bits per heavy atom. The highest BCUT2D eigenvalue weighted by molar-refractivity contribution is 5.04. The van der Waals surface area contributed by atoms with Crippen LogP contribution in [0.1, 0.15) is 6.92 Å². The third-order valence-electron chi connectivity index (χ3n) is 0.837. The fourth-order valence-corrected chi connectivity index (χ4v) is 0.241. The maximum Gasteiger partial charge on any atom is 0.412 e. The van der Waals surface area contributed by atoms with Gasteiger partial charge >= 0.3 is 6.18 Å². The van der Waals surface area contributed by atoms with Gasteiger partial charge in [-0.15, -0.1) is 0 Å². The molecule has 0 N–H and O–H groups in total. The standard InChI is InChI=1S/C5H6F3O/c1-4(2-3-9)5(6,7)8/h2H,3H2,1H3. The highest BCUT2D eigenvalue weighted by atomic mass is 19.4. The Balaban J connectivity index is 4.03. The minimum Gasteiger partial charge on any atom is -0.232 e. The molecule has 0 saturated heterocycles. The number of alkyl halides is 3. The molecule has 0 aliphatic rings. The van der Waals surface area contributed by atoms with Gasteiger partial charge in [0.05, 0.1) is 0 Å². The van der Waals surface area contributed by atoms with Crippen LogP contribution >= 0.6 is 0 Å². The summed E-state index contributed by atoms with van der Waals surface area (Å²) in [5, 5.41) is 9.61. The van der Waals surface area contributed by atoms with Crippen LogP contribution in [0, 0.1) is 0 Å². The molecule has 0 aromatic carbocycles. The molecule has 53 valence electrons. The fraction of sp³-hybridized carbons (Fsp3) is 0.600. The predicted octanol–water partition coefficient (Wildman–Crippen LogP) is 1.93. The average molecular weight is 139 g/mol. The Labute approximate surface area is 50.8 Å². The monoisotopic (exact) mass is 139 g/mol. The van der Waals surface area contributed by atoms with Gasteiger partial charge in [0.1, 0.15) is 6.61 Å². The molecule has 1 radical (unpaired) electrons. The lowest BCUT2D eigenvalue weighted by atomic mass is 10.3. The lowest BCUT2D eigenvalue weighted by molar-refractivity contribution is -0.0919. The van der Waals surface area contributed by atoms with Crippen molar-refractivity contribution >= 4 is 0 Å². The van der Waals surface area contributed by atoms with Crippen LogP contribution < -0.4 is 0 Å². The van der Waals surface area contributed by atoms with Crippen LogP contribution in [0.2, 0.25) is 0 Å². The van der Waals surface area contributed by atoms with E-state index in [1.165, 1.54) is 0 Å². The van der Waals surface area contributed by atoms with Crippen LogP contribution in [-0.2, 0) is 5.11 Å². The summed E-state index contributed by atoms with van der Waals surface area (Å²) in [4.78, 5) is 0. The average Bonchev–Trinajstić information content (AvgIpc) is 1.64. The molecule has 4 heteroatoms. The quantitative estimate of drug-likeness (QED) is 0.494. The molecule has 9 heavy (non-hydrogen) atoms. The molecule has 0 aliphatic carbocycles. The van der Waals surface area contributed by atoms with E-state index in [0.29, 0.717) is 6.08 Å². The van der Waals surface area contributed by atoms with Crippen LogP contribution in [0.15, 0.2) is 11.6 Å². The van der Waals surface area contributed by atoms with Crippen molar-refractivity contribution in [2.75, 3.05) is 6.61 Å². The van der Waals surface area contributed by atoms with Gasteiger partial charge in [-0.05, 0) is 13.0 Å². The minimum absolute atomic E-state index is 0.611. The lowest BCUT2D eigenvalue weighted by Crippen LogP contribution is -2.08. The van der Waals surface area contributed by atoms with Crippen molar-refractivity contribution in [3.63, 3.8) is 0 Å². The Morgan fingerprint density at radius 1 is 1.56 bits per heavy atom. The highest BCUT2D eigenvalue weighted by Crippen LogP contribution is 2.24. The Hall–Kier alpha value is -0.510. The summed E-state index contributed by atoms with van der Waals surface area (Å²) in [6.45, 7) is 0.0588. The zero-order valence-corrected chi connectivity index (χ0v) is 4.83. The lowest BCUT2D eigenvalue weighted by Gasteiger charge is -2.03. The molecular weight excluding hydrogens is 133 g/mol. The molecule has 0 unspecified atom stereocenters. The van der Waals surface area contributed by atoms with Gasteiger partial charge in [0, 0.05) is 5.57 Å². The Kier molecular flexibility index (Phi) is 2.70. The van der Waals surface area contributed by atoms with Gasteiger partial charge in [0.25, 0.3) is 0 Å². The van der Waals surface area contributed by atoms with Crippen molar-refractivity contribution in [3.8, 4) is 0 Å². The van der Waals surface area contributed by atoms with Crippen LogP contribution in [0.4, 0.5) is 13.2 Å². The van der Waals surface area contributed by atoms with Gasteiger partial charge in [-0.25, -0.2) is 5.11 Å². The SMILES string of the molecule is CC(=CC[O])C(F)(F)F. The van der Waals surface area contributed by atoms with Crippen molar-refractivity contribution in [1.82, 2.24) is 0 Å². The van der Waals surface area contributed by atoms with Gasteiger partial charge in [-0.1, -0.05) is 0 Å². The van der Waals surface area contributed by atoms with E-state index < -0.39 is 18.4 Å². The van der Waals surface area contributed by atoms with Gasteiger partial charge < -0.3 is 0 Å². The summed E-state index contributed by atoms with van der Waals surface area (Å²) in [7, 11) is 0. The van der Waals surface area contributed by atoms with Crippen molar-refractivity contribution in [1.29, 1.82) is 0 Å². The van der Waals surface area contributed by atoms with Crippen molar-refractivity contribution in [3.05, 3.63) is 11.6 Å². The van der Waals surface area contributed by atoms with Crippen LogP contribution in [0.25, 0.3) is 0 Å². The predicted molar refractivity (Wildman–Crippen MR) is 25.4 cm³/mol. The van der Waals surface area contributed by atoms with Crippen molar-refractivity contribution in [2.24, 2.45) is 0 Å². The zero-order chi connectivity index (χ0) is 7.49. The van der Waals surface area contributed by atoms with E-state index in [-0.39, 0.29) is 0 Å². The second-order valence-electron chi connectivity index (χ2n) is 1.55. The van der Waals surface area contributed by atoms with E-state index >= 15 is 0 Å². The van der Waals surface area contributed by atoms with Gasteiger partial charge in [-0.2, -0.15) is 13.2 Å². The Morgan fingerprint density at radius 3 is 2.11 bits per heavy atom. The van der Waals surface area contributed by atoms with Crippen molar-refractivity contribution in [2.45, 2.75) is 13.1 Å². The summed E-state index contributed by atoms with van der Waals surface area (Å²) in [5.41, 5.74) is -0.822. The maximum absolute atomic E-state index is 11.4. The second-order valence-corrected chi connectivity index (χ2v) is 1.55. The number of rotatable bonds is 1. The normalized spacial score (nSPS) is 14.1. The molecule has 0 aromatic rings. The minimum atomic E-state index is -4.33. The van der Waals surface area contributed by atoms with E-state index in [0.717, 1.165) is 6.92 Å². The van der Waals surface area contributed by atoms with E-state index in [9.17, 15) is 18.3 Å². The van der Waals surface area contributed by atoms with Crippen LogP contribution in [0.3, 0.4) is 0 Å². The molecule has 0 bridgehead atoms. The Bertz CT molecular complexity index is 114. The van der Waals surface area contributed by atoms with Gasteiger partial charge in [-0.3, -0.25) is 0 Å². The first-order valence-electron chi connectivity index (χ1n) is 2.30. The second kappa shape index (κ2) is 2.87. The molecular formula is C5H6F3O. The number of allylic oxidation sites excluding steroid dienone is 1. The third-order valence-corrected chi connectivity index (χ3v) is 0.837. The first kappa shape index (κ1) is 8.49. The molecule has 0 atom stereocenters. The molecule has 0 fully saturated rings. The summed E-state index contributed by atoms with van der Waals surface area (Å²) >= 11 is 0. The molecule has 1 nitrogen and oxygen atoms in total. The van der Waals surface area contributed by atoms with Crippen LogP contribution in [0.5, 0.6) is 0 Å². The number of hydrogen-bond donors (Lipinski definition) is 0. The largest absolute Gasteiger partial charge is 0.412 e. The first-order chi connectivity index (χ1) is 3.98. The fourth-order valence-electron chi connectivity index (χ4n) is 0.241. The van der Waals surface area contributed by atoms with Crippen LogP contribution in [-0.4, -0.2) is 12.8 Å². The molecule has 0 aliphatic heterocycles. The van der Waals surface area contributed by atoms with E-state index in [1.807, 2.05) is 0 Å². The maximum atomic E-state index is 11.4. The van der Waals surface area contributed by atoms with Gasteiger partial charge in [0.2, 0.25) is 0 Å². The topological polar surface area (TPSA) is 19.9 Å². The summed E-state index contributed by atoms with van der Waals surface area (Å²) in [5.74, 6) is 0. The van der Waals surface area contributed by atoms with Crippen molar-refractivity contribution < 1.29 is 18.3 Å². The summed E-state index contributed by atoms with van der Waals surface area (Å²) < 4.78 is 34.3. The first-order valence-corrected chi connectivity index (χ1v) is 2.30. The molecule has 0 saturated carbocycles. The van der Waals surface area contributed by atoms with E-state index in [4.69, 9.17) is 0 Å². The number of halogens is 3.